The molecular formula is C10H8N2O. The monoisotopic (exact) mass is 172 g/mol. The molecular weight excluding hydrogens is 164 g/mol. The zero-order valence-corrected chi connectivity index (χ0v) is 6.97. The lowest BCUT2D eigenvalue weighted by molar-refractivity contribution is -0.104. The molecule has 0 amide bonds. The zero-order valence-electron chi connectivity index (χ0n) is 6.97. The third-order valence-electron chi connectivity index (χ3n) is 1.89. The summed E-state index contributed by atoms with van der Waals surface area (Å²) >= 11 is 0. The number of aliphatic imine (C=N–C) groups is 2. The van der Waals surface area contributed by atoms with Crippen molar-refractivity contribution in [1.82, 2.24) is 0 Å². The maximum Gasteiger partial charge on any atom is 0.146 e. The molecule has 2 aliphatic rings. The Morgan fingerprint density at radius 3 is 3.15 bits per heavy atom. The van der Waals surface area contributed by atoms with Gasteiger partial charge in [0, 0.05) is 18.8 Å². The molecule has 1 heterocycles. The Balaban J connectivity index is 2.40. The molecule has 2 rings (SSSR count). The summed E-state index contributed by atoms with van der Waals surface area (Å²) in [6, 6.07) is 0. The van der Waals surface area contributed by atoms with Gasteiger partial charge >= 0.3 is 0 Å². The summed E-state index contributed by atoms with van der Waals surface area (Å²) in [5.74, 6) is 0. The Labute approximate surface area is 75.9 Å². The quantitative estimate of drug-likeness (QED) is 0.552. The molecule has 0 saturated heterocycles. The first-order valence-corrected chi connectivity index (χ1v) is 4.02. The molecule has 0 aromatic carbocycles. The first-order chi connectivity index (χ1) is 6.40. The smallest absolute Gasteiger partial charge is 0.146 e. The molecule has 0 fully saturated rings. The van der Waals surface area contributed by atoms with Crippen molar-refractivity contribution < 1.29 is 4.79 Å². The van der Waals surface area contributed by atoms with Crippen LogP contribution in [0.1, 0.15) is 6.42 Å². The van der Waals surface area contributed by atoms with Crippen LogP contribution in [0.5, 0.6) is 0 Å². The molecule has 0 aromatic heterocycles. The molecule has 0 bridgehead atoms. The van der Waals surface area contributed by atoms with Crippen molar-refractivity contribution in [3.63, 3.8) is 0 Å². The normalized spacial score (nSPS) is 19.5. The van der Waals surface area contributed by atoms with E-state index in [1.54, 1.807) is 24.6 Å². The minimum atomic E-state index is 0.580. The van der Waals surface area contributed by atoms with Crippen LogP contribution in [0.15, 0.2) is 45.7 Å². The molecule has 13 heavy (non-hydrogen) atoms. The first kappa shape index (κ1) is 7.86. The van der Waals surface area contributed by atoms with Gasteiger partial charge < -0.3 is 0 Å². The van der Waals surface area contributed by atoms with Crippen molar-refractivity contribution in [1.29, 1.82) is 0 Å². The molecule has 0 saturated carbocycles. The van der Waals surface area contributed by atoms with Gasteiger partial charge in [-0.25, -0.2) is 0 Å². The molecule has 0 spiro atoms. The maximum atomic E-state index is 10.5. The van der Waals surface area contributed by atoms with Gasteiger partial charge in [-0.1, -0.05) is 6.08 Å². The Hall–Kier alpha value is -1.77. The van der Waals surface area contributed by atoms with Crippen LogP contribution in [0.4, 0.5) is 0 Å². The van der Waals surface area contributed by atoms with Crippen molar-refractivity contribution in [2.75, 3.05) is 0 Å². The molecule has 64 valence electrons. The van der Waals surface area contributed by atoms with Crippen LogP contribution < -0.4 is 0 Å². The van der Waals surface area contributed by atoms with E-state index < -0.39 is 0 Å². The summed E-state index contributed by atoms with van der Waals surface area (Å²) in [7, 11) is 0. The average molecular weight is 172 g/mol. The summed E-state index contributed by atoms with van der Waals surface area (Å²) < 4.78 is 0. The predicted molar refractivity (Wildman–Crippen MR) is 51.9 cm³/mol. The van der Waals surface area contributed by atoms with Crippen LogP contribution in [0, 0.1) is 0 Å². The zero-order chi connectivity index (χ0) is 9.10. The molecule has 0 N–H and O–H groups in total. The second-order valence-electron chi connectivity index (χ2n) is 2.78. The van der Waals surface area contributed by atoms with Crippen molar-refractivity contribution in [2.45, 2.75) is 6.42 Å². The topological polar surface area (TPSA) is 41.8 Å². The highest BCUT2D eigenvalue weighted by atomic mass is 16.1. The van der Waals surface area contributed by atoms with Gasteiger partial charge in [-0.2, -0.15) is 0 Å². The van der Waals surface area contributed by atoms with Crippen LogP contribution in [-0.2, 0) is 4.79 Å². The van der Waals surface area contributed by atoms with Gasteiger partial charge in [-0.05, 0) is 17.7 Å². The Morgan fingerprint density at radius 2 is 2.31 bits per heavy atom. The van der Waals surface area contributed by atoms with E-state index in [0.717, 1.165) is 23.3 Å². The van der Waals surface area contributed by atoms with Gasteiger partial charge in [0.1, 0.15) is 6.29 Å². The van der Waals surface area contributed by atoms with Gasteiger partial charge in [0.25, 0.3) is 0 Å². The van der Waals surface area contributed by atoms with Crippen molar-refractivity contribution in [3.05, 3.63) is 35.7 Å². The van der Waals surface area contributed by atoms with E-state index in [0.29, 0.717) is 6.42 Å². The van der Waals surface area contributed by atoms with Crippen molar-refractivity contribution >= 4 is 18.2 Å². The van der Waals surface area contributed by atoms with Gasteiger partial charge in [0.05, 0.1) is 11.4 Å². The number of fused-ring (bicyclic) bond motifs is 1. The Morgan fingerprint density at radius 1 is 1.38 bits per heavy atom. The number of rotatable bonds is 1. The summed E-state index contributed by atoms with van der Waals surface area (Å²) in [6.45, 7) is 0. The van der Waals surface area contributed by atoms with E-state index in [1.807, 2.05) is 6.08 Å². The second-order valence-corrected chi connectivity index (χ2v) is 2.78. The molecule has 3 heteroatoms. The maximum absolute atomic E-state index is 10.5. The van der Waals surface area contributed by atoms with Gasteiger partial charge in [-0.15, -0.1) is 0 Å². The van der Waals surface area contributed by atoms with Crippen LogP contribution in [-0.4, -0.2) is 18.2 Å². The van der Waals surface area contributed by atoms with E-state index >= 15 is 0 Å². The fraction of sp³-hybridized carbons (Fsp3) is 0.100. The highest BCUT2D eigenvalue weighted by molar-refractivity contribution is 6.07. The third-order valence-corrected chi connectivity index (χ3v) is 1.89. The van der Waals surface area contributed by atoms with Gasteiger partial charge in [-0.3, -0.25) is 14.8 Å². The standard InChI is InChI=1S/C10H8N2O/c13-7-8-2-3-9-10(6-8)12-5-1-4-11-9/h1-5,7H,6H2. The molecule has 0 unspecified atom stereocenters. The largest absolute Gasteiger partial charge is 0.298 e. The van der Waals surface area contributed by atoms with E-state index in [2.05, 4.69) is 9.98 Å². The van der Waals surface area contributed by atoms with Gasteiger partial charge in [0.2, 0.25) is 0 Å². The van der Waals surface area contributed by atoms with Gasteiger partial charge in [0.15, 0.2) is 0 Å². The molecule has 3 nitrogen and oxygen atoms in total. The average Bonchev–Trinajstić information content (AvgIpc) is 2.41. The summed E-state index contributed by atoms with van der Waals surface area (Å²) in [5, 5.41) is 0. The molecule has 0 radical (unpaired) electrons. The number of allylic oxidation sites excluding steroid dienone is 5. The van der Waals surface area contributed by atoms with E-state index in [4.69, 9.17) is 0 Å². The molecule has 1 aliphatic heterocycles. The fourth-order valence-electron chi connectivity index (χ4n) is 1.23. The number of carbonyl (C=O) groups is 1. The molecule has 0 aromatic rings. The number of hydrogen-bond donors (Lipinski definition) is 0. The summed E-state index contributed by atoms with van der Waals surface area (Å²) in [4.78, 5) is 18.9. The number of aldehydes is 1. The number of nitrogens with zero attached hydrogens (tertiary/aromatic N) is 2. The lowest BCUT2D eigenvalue weighted by atomic mass is 10.0. The summed E-state index contributed by atoms with van der Waals surface area (Å²) in [6.07, 6.45) is 10.2. The Bertz CT molecular complexity index is 384. The third kappa shape index (κ3) is 1.54. The number of carbonyl (C=O) groups excluding carboxylic acids is 1. The second kappa shape index (κ2) is 3.31. The van der Waals surface area contributed by atoms with E-state index in [1.165, 1.54) is 0 Å². The minimum Gasteiger partial charge on any atom is -0.298 e. The van der Waals surface area contributed by atoms with Crippen molar-refractivity contribution in [3.8, 4) is 0 Å². The lowest BCUT2D eigenvalue weighted by Crippen LogP contribution is -2.06. The first-order valence-electron chi connectivity index (χ1n) is 4.02. The SMILES string of the molecule is O=CC1=CC=C2N=CC=CN=C2C1. The summed E-state index contributed by atoms with van der Waals surface area (Å²) in [5.41, 5.74) is 2.44. The van der Waals surface area contributed by atoms with E-state index in [9.17, 15) is 4.79 Å². The van der Waals surface area contributed by atoms with E-state index in [-0.39, 0.29) is 0 Å². The highest BCUT2D eigenvalue weighted by Crippen LogP contribution is 2.17. The Kier molecular flexibility index (Phi) is 2.00. The van der Waals surface area contributed by atoms with Crippen LogP contribution in [0.3, 0.4) is 0 Å². The number of hydrogen-bond acceptors (Lipinski definition) is 3. The van der Waals surface area contributed by atoms with Crippen LogP contribution >= 0.6 is 0 Å². The highest BCUT2D eigenvalue weighted by Gasteiger charge is 2.12. The molecule has 1 aliphatic carbocycles. The van der Waals surface area contributed by atoms with Crippen molar-refractivity contribution in [2.24, 2.45) is 9.98 Å². The van der Waals surface area contributed by atoms with Crippen LogP contribution in [0.25, 0.3) is 0 Å². The molecule has 0 atom stereocenters. The lowest BCUT2D eigenvalue weighted by Gasteiger charge is -2.08. The van der Waals surface area contributed by atoms with Crippen LogP contribution in [0.2, 0.25) is 0 Å². The fourth-order valence-corrected chi connectivity index (χ4v) is 1.23. The predicted octanol–water partition coefficient (Wildman–Crippen LogP) is 1.44. The minimum absolute atomic E-state index is 0.580.